The predicted octanol–water partition coefficient (Wildman–Crippen LogP) is 0.200. The van der Waals surface area contributed by atoms with Crippen LogP contribution < -0.4 is 9.47 Å². The van der Waals surface area contributed by atoms with E-state index in [0.29, 0.717) is 12.1 Å². The summed E-state index contributed by atoms with van der Waals surface area (Å²) in [5.41, 5.74) is 0.311. The average molecular weight is 283 g/mol. The number of morpholine rings is 1. The van der Waals surface area contributed by atoms with Gasteiger partial charge in [-0.3, -0.25) is 4.79 Å². The first-order valence-electron chi connectivity index (χ1n) is 6.10. The Morgan fingerprint density at radius 3 is 2.45 bits per heavy atom. The minimum Gasteiger partial charge on any atom is -0.502 e. The number of ether oxygens (including phenoxy) is 3. The van der Waals surface area contributed by atoms with E-state index in [1.54, 1.807) is 0 Å². The number of aliphatic hydroxyl groups excluding tert-OH is 1. The van der Waals surface area contributed by atoms with E-state index >= 15 is 0 Å². The number of hydrogen-bond donors (Lipinski definition) is 2. The second kappa shape index (κ2) is 5.98. The van der Waals surface area contributed by atoms with Gasteiger partial charge in [-0.05, 0) is 12.1 Å². The standard InChI is InChI=1S/C13H17NO6/c1-18-9-5-8(6-10(19-2)12(9)16)13(17)14-3-4-20-11(15)7-14/h5-6,11,15-16H,3-4,7H2,1-2H3. The number of methoxy groups -OCH3 is 2. The van der Waals surface area contributed by atoms with Crippen LogP contribution in [0.1, 0.15) is 10.4 Å². The van der Waals surface area contributed by atoms with Crippen molar-refractivity contribution >= 4 is 5.91 Å². The van der Waals surface area contributed by atoms with Crippen molar-refractivity contribution in [3.63, 3.8) is 0 Å². The van der Waals surface area contributed by atoms with E-state index in [2.05, 4.69) is 0 Å². The number of carbonyl (C=O) groups is 1. The number of rotatable bonds is 3. The average Bonchev–Trinajstić information content (AvgIpc) is 2.46. The minimum absolute atomic E-state index is 0.102. The van der Waals surface area contributed by atoms with Crippen LogP contribution in [0.3, 0.4) is 0 Å². The van der Waals surface area contributed by atoms with Gasteiger partial charge in [0.2, 0.25) is 5.75 Å². The third-order valence-electron chi connectivity index (χ3n) is 3.06. The first-order chi connectivity index (χ1) is 9.56. The fourth-order valence-corrected chi connectivity index (χ4v) is 2.02. The molecular formula is C13H17NO6. The van der Waals surface area contributed by atoms with Gasteiger partial charge in [-0.15, -0.1) is 0 Å². The number of benzene rings is 1. The number of β-amino-alcohol motifs (C(OH)–C–C–N with tert-alkyl or cyclic N) is 1. The maximum atomic E-state index is 12.4. The van der Waals surface area contributed by atoms with Gasteiger partial charge in [-0.2, -0.15) is 0 Å². The largest absolute Gasteiger partial charge is 0.502 e. The van der Waals surface area contributed by atoms with Gasteiger partial charge in [-0.1, -0.05) is 0 Å². The number of phenolic OH excluding ortho intramolecular Hbond substituents is 1. The number of aromatic hydroxyl groups is 1. The topological polar surface area (TPSA) is 88.5 Å². The van der Waals surface area contributed by atoms with Gasteiger partial charge in [-0.25, -0.2) is 0 Å². The molecule has 7 heteroatoms. The smallest absolute Gasteiger partial charge is 0.254 e. The van der Waals surface area contributed by atoms with Crippen molar-refractivity contribution in [2.45, 2.75) is 6.29 Å². The molecule has 2 N–H and O–H groups in total. The summed E-state index contributed by atoms with van der Waals surface area (Å²) >= 11 is 0. The zero-order valence-electron chi connectivity index (χ0n) is 11.3. The maximum Gasteiger partial charge on any atom is 0.254 e. The van der Waals surface area contributed by atoms with Crippen LogP contribution in [0.2, 0.25) is 0 Å². The molecule has 1 saturated heterocycles. The van der Waals surface area contributed by atoms with E-state index < -0.39 is 6.29 Å². The van der Waals surface area contributed by atoms with Crippen molar-refractivity contribution in [2.75, 3.05) is 33.9 Å². The van der Waals surface area contributed by atoms with Crippen molar-refractivity contribution in [1.29, 1.82) is 0 Å². The molecule has 20 heavy (non-hydrogen) atoms. The lowest BCUT2D eigenvalue weighted by Gasteiger charge is -2.30. The number of amides is 1. The van der Waals surface area contributed by atoms with Crippen LogP contribution in [0, 0.1) is 0 Å². The van der Waals surface area contributed by atoms with E-state index in [9.17, 15) is 15.0 Å². The first-order valence-corrected chi connectivity index (χ1v) is 6.10. The zero-order valence-corrected chi connectivity index (χ0v) is 11.3. The molecule has 1 fully saturated rings. The molecule has 110 valence electrons. The fraction of sp³-hybridized carbons (Fsp3) is 0.462. The van der Waals surface area contributed by atoms with E-state index in [-0.39, 0.29) is 36.3 Å². The maximum absolute atomic E-state index is 12.4. The summed E-state index contributed by atoms with van der Waals surface area (Å²) in [5.74, 6) is -0.138. The molecule has 0 aromatic heterocycles. The van der Waals surface area contributed by atoms with Crippen LogP contribution in [0.4, 0.5) is 0 Å². The van der Waals surface area contributed by atoms with Crippen molar-refractivity contribution in [1.82, 2.24) is 4.90 Å². The summed E-state index contributed by atoms with van der Waals surface area (Å²) in [5, 5.41) is 19.2. The third-order valence-corrected chi connectivity index (χ3v) is 3.06. The number of phenols is 1. The molecule has 1 amide bonds. The molecule has 0 radical (unpaired) electrons. The quantitative estimate of drug-likeness (QED) is 0.824. The highest BCUT2D eigenvalue weighted by molar-refractivity contribution is 5.95. The highest BCUT2D eigenvalue weighted by atomic mass is 16.6. The molecule has 1 aliphatic heterocycles. The van der Waals surface area contributed by atoms with Crippen LogP contribution >= 0.6 is 0 Å². The summed E-state index contributed by atoms with van der Waals surface area (Å²) in [6, 6.07) is 2.87. The van der Waals surface area contributed by atoms with Gasteiger partial charge in [0.15, 0.2) is 17.8 Å². The highest BCUT2D eigenvalue weighted by Crippen LogP contribution is 2.37. The van der Waals surface area contributed by atoms with Crippen molar-refractivity contribution in [3.05, 3.63) is 17.7 Å². The molecule has 1 heterocycles. The Morgan fingerprint density at radius 2 is 1.95 bits per heavy atom. The highest BCUT2D eigenvalue weighted by Gasteiger charge is 2.25. The number of aliphatic hydroxyl groups is 1. The van der Waals surface area contributed by atoms with Crippen molar-refractivity contribution < 1.29 is 29.2 Å². The normalized spacial score (nSPS) is 18.8. The molecule has 0 spiro atoms. The molecule has 7 nitrogen and oxygen atoms in total. The predicted molar refractivity (Wildman–Crippen MR) is 69.1 cm³/mol. The lowest BCUT2D eigenvalue weighted by Crippen LogP contribution is -2.45. The van der Waals surface area contributed by atoms with E-state index in [0.717, 1.165) is 0 Å². The van der Waals surface area contributed by atoms with Gasteiger partial charge in [0.1, 0.15) is 0 Å². The molecule has 1 aromatic rings. The monoisotopic (exact) mass is 283 g/mol. The van der Waals surface area contributed by atoms with Gasteiger partial charge < -0.3 is 29.3 Å². The van der Waals surface area contributed by atoms with Crippen LogP contribution in [0.25, 0.3) is 0 Å². The van der Waals surface area contributed by atoms with Crippen molar-refractivity contribution in [3.8, 4) is 17.2 Å². The van der Waals surface area contributed by atoms with Gasteiger partial charge in [0.05, 0.1) is 27.4 Å². The van der Waals surface area contributed by atoms with Crippen LogP contribution in [0.5, 0.6) is 17.2 Å². The molecule has 0 aliphatic carbocycles. The third kappa shape index (κ3) is 2.78. The first kappa shape index (κ1) is 14.4. The van der Waals surface area contributed by atoms with E-state index in [4.69, 9.17) is 14.2 Å². The lowest BCUT2D eigenvalue weighted by molar-refractivity contribution is -0.137. The summed E-state index contributed by atoms with van der Waals surface area (Å²) < 4.78 is 15.0. The van der Waals surface area contributed by atoms with Crippen LogP contribution in [0.15, 0.2) is 12.1 Å². The lowest BCUT2D eigenvalue weighted by atomic mass is 10.1. The molecule has 1 unspecified atom stereocenters. The number of nitrogens with zero attached hydrogens (tertiary/aromatic N) is 1. The molecule has 0 saturated carbocycles. The summed E-state index contributed by atoms with van der Waals surface area (Å²) in [7, 11) is 2.78. The summed E-state index contributed by atoms with van der Waals surface area (Å²) in [6.07, 6.45) is -0.978. The molecule has 1 aromatic carbocycles. The SMILES string of the molecule is COc1cc(C(=O)N2CCOC(O)C2)cc(OC)c1O. The molecule has 1 aliphatic rings. The Morgan fingerprint density at radius 1 is 1.35 bits per heavy atom. The Labute approximate surface area is 116 Å². The van der Waals surface area contributed by atoms with E-state index in [1.165, 1.54) is 31.3 Å². The zero-order chi connectivity index (χ0) is 14.7. The molecule has 1 atom stereocenters. The molecule has 2 rings (SSSR count). The van der Waals surface area contributed by atoms with Crippen LogP contribution in [-0.4, -0.2) is 61.2 Å². The van der Waals surface area contributed by atoms with Gasteiger partial charge in [0, 0.05) is 12.1 Å². The molecule has 0 bridgehead atoms. The Hall–Kier alpha value is -1.99. The Bertz CT molecular complexity index is 479. The second-order valence-electron chi connectivity index (χ2n) is 4.31. The summed E-state index contributed by atoms with van der Waals surface area (Å²) in [4.78, 5) is 13.8. The van der Waals surface area contributed by atoms with Crippen LogP contribution in [-0.2, 0) is 4.74 Å². The number of hydrogen-bond acceptors (Lipinski definition) is 6. The Kier molecular flexibility index (Phi) is 4.31. The molecular weight excluding hydrogens is 266 g/mol. The minimum atomic E-state index is -0.978. The van der Waals surface area contributed by atoms with Gasteiger partial charge in [0.25, 0.3) is 5.91 Å². The second-order valence-corrected chi connectivity index (χ2v) is 4.31. The van der Waals surface area contributed by atoms with Gasteiger partial charge >= 0.3 is 0 Å². The summed E-state index contributed by atoms with van der Waals surface area (Å²) in [6.45, 7) is 0.769. The Balaban J connectivity index is 2.29. The number of carbonyl (C=O) groups excluding carboxylic acids is 1. The fourth-order valence-electron chi connectivity index (χ4n) is 2.02. The van der Waals surface area contributed by atoms with Crippen molar-refractivity contribution in [2.24, 2.45) is 0 Å². The van der Waals surface area contributed by atoms with E-state index in [1.807, 2.05) is 0 Å².